The van der Waals surface area contributed by atoms with E-state index < -0.39 is 15.4 Å². The van der Waals surface area contributed by atoms with Crippen LogP contribution >= 0.6 is 15.9 Å². The smallest absolute Gasteiger partial charge is 0.180 e. The number of halogens is 1. The van der Waals surface area contributed by atoms with Gasteiger partial charge in [0.2, 0.25) is 0 Å². The van der Waals surface area contributed by atoms with Crippen molar-refractivity contribution in [3.8, 4) is 5.75 Å². The Balaban J connectivity index is 2.25. The van der Waals surface area contributed by atoms with Crippen molar-refractivity contribution >= 4 is 25.8 Å². The minimum Gasteiger partial charge on any atom is -0.496 e. The van der Waals surface area contributed by atoms with E-state index in [1.165, 1.54) is 0 Å². The molecule has 0 aliphatic carbocycles. The number of nitrogens with one attached hydrogen (secondary N) is 1. The highest BCUT2D eigenvalue weighted by molar-refractivity contribution is 9.10. The van der Waals surface area contributed by atoms with Gasteiger partial charge in [0, 0.05) is 11.6 Å². The molecule has 0 bridgehead atoms. The lowest BCUT2D eigenvalue weighted by Gasteiger charge is -2.36. The first-order valence-electron chi connectivity index (χ1n) is 9.78. The fraction of sp³-hybridized carbons (Fsp3) is 0.455. The van der Waals surface area contributed by atoms with E-state index in [4.69, 9.17) is 4.74 Å². The Morgan fingerprint density at radius 2 is 1.93 bits per heavy atom. The molecule has 2 aromatic rings. The van der Waals surface area contributed by atoms with Crippen molar-refractivity contribution in [3.63, 3.8) is 0 Å². The Bertz CT molecular complexity index is 930. The standard InChI is InChI=1S/C22H28BrNO3S/c1-4-6-12-22(5-2)15-28(25,26)20-14-19(27-3)18(23)13-17(20)21(24-22)16-10-8-7-9-11-16/h7-11,13-14,21,24H,4-6,12,15H2,1-3H3/t21-,22-/m1/s1. The second-order valence-electron chi connectivity index (χ2n) is 7.51. The third kappa shape index (κ3) is 4.14. The van der Waals surface area contributed by atoms with Gasteiger partial charge in [0.1, 0.15) is 5.75 Å². The SMILES string of the molecule is CCCC[C@]1(CC)CS(=O)(=O)c2cc(OC)c(Br)cc2[C@@H](c2ccccc2)N1. The molecule has 0 radical (unpaired) electrons. The van der Waals surface area contributed by atoms with Gasteiger partial charge in [-0.15, -0.1) is 0 Å². The Kier molecular flexibility index (Phi) is 6.52. The van der Waals surface area contributed by atoms with Gasteiger partial charge >= 0.3 is 0 Å². The van der Waals surface area contributed by atoms with E-state index in [1.807, 2.05) is 24.3 Å². The first kappa shape index (κ1) is 21.3. The fourth-order valence-corrected chi connectivity index (χ4v) is 6.68. The van der Waals surface area contributed by atoms with Crippen LogP contribution in [0.25, 0.3) is 0 Å². The van der Waals surface area contributed by atoms with Crippen molar-refractivity contribution in [2.45, 2.75) is 56.0 Å². The summed E-state index contributed by atoms with van der Waals surface area (Å²) in [5.74, 6) is 0.629. The molecule has 3 rings (SSSR count). The van der Waals surface area contributed by atoms with Crippen LogP contribution in [-0.4, -0.2) is 26.8 Å². The van der Waals surface area contributed by atoms with Gasteiger partial charge in [0.25, 0.3) is 0 Å². The number of unbranched alkanes of at least 4 members (excludes halogenated alkanes) is 1. The van der Waals surface area contributed by atoms with E-state index >= 15 is 0 Å². The highest BCUT2D eigenvalue weighted by Crippen LogP contribution is 2.41. The first-order valence-corrected chi connectivity index (χ1v) is 12.2. The quantitative estimate of drug-likeness (QED) is 0.631. The summed E-state index contributed by atoms with van der Waals surface area (Å²) in [5, 5.41) is 3.77. The van der Waals surface area contributed by atoms with Crippen molar-refractivity contribution in [1.82, 2.24) is 5.32 Å². The van der Waals surface area contributed by atoms with Crippen LogP contribution in [0.3, 0.4) is 0 Å². The molecule has 2 atom stereocenters. The van der Waals surface area contributed by atoms with Crippen LogP contribution in [0.1, 0.15) is 56.7 Å². The summed E-state index contributed by atoms with van der Waals surface area (Å²) in [6.45, 7) is 4.21. The molecule has 1 heterocycles. The number of sulfone groups is 1. The fourth-order valence-electron chi connectivity index (χ4n) is 4.02. The normalized spacial score (nSPS) is 23.6. The Labute approximate surface area is 176 Å². The number of ether oxygens (including phenoxy) is 1. The van der Waals surface area contributed by atoms with Crippen molar-refractivity contribution in [1.29, 1.82) is 0 Å². The number of methoxy groups -OCH3 is 1. The number of benzene rings is 2. The van der Waals surface area contributed by atoms with Gasteiger partial charge in [0.05, 0.1) is 28.3 Å². The maximum atomic E-state index is 13.5. The van der Waals surface area contributed by atoms with E-state index in [1.54, 1.807) is 13.2 Å². The molecule has 4 nitrogen and oxygen atoms in total. The Hall–Kier alpha value is -1.37. The Morgan fingerprint density at radius 1 is 1.21 bits per heavy atom. The van der Waals surface area contributed by atoms with Gasteiger partial charge in [-0.3, -0.25) is 5.32 Å². The van der Waals surface area contributed by atoms with Crippen LogP contribution in [0.15, 0.2) is 51.8 Å². The van der Waals surface area contributed by atoms with Crippen molar-refractivity contribution in [2.75, 3.05) is 12.9 Å². The summed E-state index contributed by atoms with van der Waals surface area (Å²) in [4.78, 5) is 0.362. The summed E-state index contributed by atoms with van der Waals surface area (Å²) in [6.07, 6.45) is 3.60. The zero-order chi connectivity index (χ0) is 20.4. The maximum absolute atomic E-state index is 13.5. The molecular formula is C22H28BrNO3S. The summed E-state index contributed by atoms with van der Waals surface area (Å²) in [7, 11) is -1.93. The van der Waals surface area contributed by atoms with E-state index in [9.17, 15) is 8.42 Å². The number of fused-ring (bicyclic) bond motifs is 1. The predicted octanol–water partition coefficient (Wildman–Crippen LogP) is 5.26. The molecule has 1 aliphatic heterocycles. The van der Waals surface area contributed by atoms with Crippen molar-refractivity contribution in [2.24, 2.45) is 0 Å². The molecule has 6 heteroatoms. The van der Waals surface area contributed by atoms with Crippen LogP contribution in [0.2, 0.25) is 0 Å². The van der Waals surface area contributed by atoms with Gasteiger partial charge in [-0.05, 0) is 46.0 Å². The van der Waals surface area contributed by atoms with Gasteiger partial charge in [0.15, 0.2) is 9.84 Å². The molecule has 0 spiro atoms. The lowest BCUT2D eigenvalue weighted by Crippen LogP contribution is -2.50. The zero-order valence-corrected chi connectivity index (χ0v) is 19.1. The monoisotopic (exact) mass is 465 g/mol. The molecule has 1 aliphatic rings. The lowest BCUT2D eigenvalue weighted by atomic mass is 9.88. The van der Waals surface area contributed by atoms with Crippen LogP contribution in [-0.2, 0) is 9.84 Å². The number of rotatable bonds is 6. The lowest BCUT2D eigenvalue weighted by molar-refractivity contribution is 0.295. The van der Waals surface area contributed by atoms with Crippen molar-refractivity contribution in [3.05, 3.63) is 58.1 Å². The van der Waals surface area contributed by atoms with Gasteiger partial charge in [-0.2, -0.15) is 0 Å². The molecular weight excluding hydrogens is 438 g/mol. The maximum Gasteiger partial charge on any atom is 0.180 e. The second kappa shape index (κ2) is 8.56. The molecule has 0 aromatic heterocycles. The average Bonchev–Trinajstić information content (AvgIpc) is 2.79. The summed E-state index contributed by atoms with van der Waals surface area (Å²) < 4.78 is 33.1. The van der Waals surface area contributed by atoms with Gasteiger partial charge in [-0.25, -0.2) is 8.42 Å². The molecule has 0 unspecified atom stereocenters. The van der Waals surface area contributed by atoms with E-state index in [2.05, 4.69) is 47.2 Å². The van der Waals surface area contributed by atoms with Crippen LogP contribution in [0.5, 0.6) is 5.75 Å². The minimum absolute atomic E-state index is 0.0949. The molecule has 0 amide bonds. The zero-order valence-electron chi connectivity index (χ0n) is 16.7. The van der Waals surface area contributed by atoms with Crippen LogP contribution < -0.4 is 10.1 Å². The summed E-state index contributed by atoms with van der Waals surface area (Å²) in [5.41, 5.74) is 1.37. The number of hydrogen-bond acceptors (Lipinski definition) is 4. The molecule has 0 saturated heterocycles. The summed E-state index contributed by atoms with van der Waals surface area (Å²) >= 11 is 3.54. The van der Waals surface area contributed by atoms with E-state index in [-0.39, 0.29) is 11.8 Å². The highest BCUT2D eigenvalue weighted by Gasteiger charge is 2.42. The second-order valence-corrected chi connectivity index (χ2v) is 10.3. The highest BCUT2D eigenvalue weighted by atomic mass is 79.9. The number of hydrogen-bond donors (Lipinski definition) is 1. The molecule has 28 heavy (non-hydrogen) atoms. The Morgan fingerprint density at radius 3 is 2.54 bits per heavy atom. The van der Waals surface area contributed by atoms with Gasteiger partial charge < -0.3 is 4.74 Å². The van der Waals surface area contributed by atoms with Crippen LogP contribution in [0.4, 0.5) is 0 Å². The minimum atomic E-state index is -3.48. The van der Waals surface area contributed by atoms with E-state index in [0.29, 0.717) is 10.6 Å². The third-order valence-corrected chi connectivity index (χ3v) is 8.24. The molecule has 0 saturated carbocycles. The predicted molar refractivity (Wildman–Crippen MR) is 117 cm³/mol. The molecule has 0 fully saturated rings. The van der Waals surface area contributed by atoms with Crippen LogP contribution in [0, 0.1) is 0 Å². The summed E-state index contributed by atoms with van der Waals surface area (Å²) in [6, 6.07) is 13.4. The largest absolute Gasteiger partial charge is 0.496 e. The molecule has 152 valence electrons. The van der Waals surface area contributed by atoms with E-state index in [0.717, 1.165) is 41.3 Å². The topological polar surface area (TPSA) is 55.4 Å². The van der Waals surface area contributed by atoms with Gasteiger partial charge in [-0.1, -0.05) is 57.0 Å². The molecule has 1 N–H and O–H groups in total. The first-order chi connectivity index (χ1) is 13.4. The molecule has 2 aromatic carbocycles. The average molecular weight is 466 g/mol. The third-order valence-electron chi connectivity index (χ3n) is 5.67. The van der Waals surface area contributed by atoms with Crippen molar-refractivity contribution < 1.29 is 13.2 Å².